The fourth-order valence-electron chi connectivity index (χ4n) is 0.685. The maximum absolute atomic E-state index is 5.23. The van der Waals surface area contributed by atoms with Gasteiger partial charge in [-0.15, -0.1) is 0 Å². The Morgan fingerprint density at radius 2 is 2.22 bits per heavy atom. The number of hydrogen-bond donors (Lipinski definition) is 0. The zero-order chi connectivity index (χ0) is 7.11. The van der Waals surface area contributed by atoms with Gasteiger partial charge in [-0.3, -0.25) is 0 Å². The van der Waals surface area contributed by atoms with E-state index in [1.165, 1.54) is 19.3 Å². The minimum absolute atomic E-state index is 1.06. The lowest BCUT2D eigenvalue weighted by Crippen LogP contribution is -1.76. The van der Waals surface area contributed by atoms with Crippen LogP contribution in [0.3, 0.4) is 0 Å². The van der Waals surface area contributed by atoms with Crippen molar-refractivity contribution in [3.05, 3.63) is 24.8 Å². The molecule has 0 fully saturated rings. The summed E-state index contributed by atoms with van der Waals surface area (Å²) in [5.41, 5.74) is 1.06. The van der Waals surface area contributed by atoms with E-state index >= 15 is 0 Å². The topological polar surface area (TPSA) is 0 Å². The maximum Gasteiger partial charge on any atom is -0.0285 e. The lowest BCUT2D eigenvalue weighted by atomic mass is 10.1. The molecule has 0 aromatic rings. The summed E-state index contributed by atoms with van der Waals surface area (Å²) < 4.78 is 0. The maximum atomic E-state index is 5.23. The minimum Gasteiger partial charge on any atom is -0.0958 e. The van der Waals surface area contributed by atoms with E-state index in [9.17, 15) is 0 Å². The van der Waals surface area contributed by atoms with Crippen molar-refractivity contribution in [2.24, 2.45) is 0 Å². The van der Waals surface area contributed by atoms with E-state index in [4.69, 9.17) is 6.58 Å². The molecule has 0 aliphatic carbocycles. The normalized spacial score (nSPS) is 9.00. The molecule has 0 amide bonds. The van der Waals surface area contributed by atoms with E-state index in [0.717, 1.165) is 12.0 Å². The highest BCUT2D eigenvalue weighted by molar-refractivity contribution is 5.08. The van der Waals surface area contributed by atoms with Gasteiger partial charge in [0.2, 0.25) is 0 Å². The molecule has 0 aliphatic rings. The highest BCUT2D eigenvalue weighted by atomic mass is 13.9. The van der Waals surface area contributed by atoms with Gasteiger partial charge in [-0.1, -0.05) is 44.6 Å². The molecule has 0 aliphatic heterocycles. The van der Waals surface area contributed by atoms with E-state index in [1.807, 2.05) is 0 Å². The van der Waals surface area contributed by atoms with Crippen molar-refractivity contribution < 1.29 is 0 Å². The Kier molecular flexibility index (Phi) is 5.29. The van der Waals surface area contributed by atoms with Gasteiger partial charge in [0.05, 0.1) is 0 Å². The van der Waals surface area contributed by atoms with Crippen molar-refractivity contribution in [2.45, 2.75) is 32.6 Å². The van der Waals surface area contributed by atoms with Gasteiger partial charge in [0.1, 0.15) is 0 Å². The van der Waals surface area contributed by atoms with Gasteiger partial charge < -0.3 is 0 Å². The third-order valence-corrected chi connectivity index (χ3v) is 1.34. The summed E-state index contributed by atoms with van der Waals surface area (Å²) in [5.74, 6) is 0. The second-order valence-corrected chi connectivity index (χ2v) is 2.28. The van der Waals surface area contributed by atoms with E-state index < -0.39 is 0 Å². The van der Waals surface area contributed by atoms with E-state index in [0.29, 0.717) is 0 Å². The summed E-state index contributed by atoms with van der Waals surface area (Å²) in [6, 6.07) is 0. The number of unbranched alkanes of at least 4 members (excludes halogenated alkanes) is 2. The van der Waals surface area contributed by atoms with Crippen LogP contribution in [0.1, 0.15) is 32.6 Å². The van der Waals surface area contributed by atoms with Crippen LogP contribution in [0.15, 0.2) is 18.2 Å². The molecule has 0 aromatic carbocycles. The first-order valence-electron chi connectivity index (χ1n) is 3.54. The fourth-order valence-corrected chi connectivity index (χ4v) is 0.685. The molecule has 0 unspecified atom stereocenters. The van der Waals surface area contributed by atoms with Crippen molar-refractivity contribution in [3.8, 4) is 0 Å². The van der Waals surface area contributed by atoms with Crippen LogP contribution < -0.4 is 0 Å². The predicted octanol–water partition coefficient (Wildman–Crippen LogP) is 3.11. The second-order valence-electron chi connectivity index (χ2n) is 2.28. The summed E-state index contributed by atoms with van der Waals surface area (Å²) in [7, 11) is 0. The quantitative estimate of drug-likeness (QED) is 0.389. The van der Waals surface area contributed by atoms with E-state index in [-0.39, 0.29) is 0 Å². The Balaban J connectivity index is 3.07. The van der Waals surface area contributed by atoms with Gasteiger partial charge in [0, 0.05) is 0 Å². The third kappa shape index (κ3) is 5.35. The van der Waals surface area contributed by atoms with E-state index in [1.54, 1.807) is 6.08 Å². The van der Waals surface area contributed by atoms with Gasteiger partial charge in [-0.25, -0.2) is 0 Å². The monoisotopic (exact) mass is 123 g/mol. The molecule has 0 bridgehead atoms. The van der Waals surface area contributed by atoms with E-state index in [2.05, 4.69) is 13.5 Å². The Morgan fingerprint density at radius 1 is 1.56 bits per heavy atom. The Bertz CT molecular complexity index is 90.2. The molecule has 9 heavy (non-hydrogen) atoms. The van der Waals surface area contributed by atoms with Crippen molar-refractivity contribution in [1.82, 2.24) is 0 Å². The number of rotatable bonds is 5. The van der Waals surface area contributed by atoms with Crippen LogP contribution in [0.2, 0.25) is 0 Å². The molecular weight excluding hydrogens is 108 g/mol. The first-order chi connectivity index (χ1) is 4.31. The van der Waals surface area contributed by atoms with Crippen LogP contribution in [0.5, 0.6) is 0 Å². The largest absolute Gasteiger partial charge is 0.0958 e. The smallest absolute Gasteiger partial charge is 0.0285 e. The Labute approximate surface area is 58.3 Å². The molecular formula is C9H15. The van der Waals surface area contributed by atoms with Gasteiger partial charge in [0.15, 0.2) is 0 Å². The van der Waals surface area contributed by atoms with Crippen molar-refractivity contribution in [2.75, 3.05) is 0 Å². The average molecular weight is 123 g/mol. The molecule has 0 heterocycles. The molecule has 0 saturated heterocycles. The Hall–Kier alpha value is -0.520. The van der Waals surface area contributed by atoms with Gasteiger partial charge in [-0.2, -0.15) is 0 Å². The highest BCUT2D eigenvalue weighted by Gasteiger charge is 1.86. The first kappa shape index (κ1) is 8.48. The van der Waals surface area contributed by atoms with Crippen LogP contribution >= 0.6 is 0 Å². The Morgan fingerprint density at radius 3 is 2.67 bits per heavy atom. The second kappa shape index (κ2) is 5.61. The molecule has 0 aromatic heterocycles. The first-order valence-corrected chi connectivity index (χ1v) is 3.54. The zero-order valence-corrected chi connectivity index (χ0v) is 6.19. The molecule has 0 N–H and O–H groups in total. The zero-order valence-electron chi connectivity index (χ0n) is 6.19. The van der Waals surface area contributed by atoms with Gasteiger partial charge in [-0.05, 0) is 12.8 Å². The van der Waals surface area contributed by atoms with Crippen LogP contribution in [-0.2, 0) is 0 Å². The lowest BCUT2D eigenvalue weighted by Gasteiger charge is -1.96. The molecule has 0 heteroatoms. The molecule has 0 spiro atoms. The summed E-state index contributed by atoms with van der Waals surface area (Å²) in [6.45, 7) is 11.2. The van der Waals surface area contributed by atoms with Gasteiger partial charge in [0.25, 0.3) is 0 Å². The van der Waals surface area contributed by atoms with Crippen LogP contribution in [-0.4, -0.2) is 0 Å². The van der Waals surface area contributed by atoms with Crippen molar-refractivity contribution >= 4 is 0 Å². The number of hydrogen-bond acceptors (Lipinski definition) is 0. The van der Waals surface area contributed by atoms with Crippen molar-refractivity contribution in [3.63, 3.8) is 0 Å². The fraction of sp³-hybridized carbons (Fsp3) is 0.556. The summed E-state index contributed by atoms with van der Waals surface area (Å²) in [4.78, 5) is 0. The van der Waals surface area contributed by atoms with Crippen LogP contribution in [0.4, 0.5) is 0 Å². The number of allylic oxidation sites excluding steroid dienone is 2. The summed E-state index contributed by atoms with van der Waals surface area (Å²) in [5, 5.41) is 0. The lowest BCUT2D eigenvalue weighted by molar-refractivity contribution is 0.720. The highest BCUT2D eigenvalue weighted by Crippen LogP contribution is 2.06. The molecule has 1 radical (unpaired) electrons. The van der Waals surface area contributed by atoms with Crippen LogP contribution in [0, 0.1) is 6.58 Å². The van der Waals surface area contributed by atoms with Crippen molar-refractivity contribution in [1.29, 1.82) is 0 Å². The third-order valence-electron chi connectivity index (χ3n) is 1.34. The van der Waals surface area contributed by atoms with Gasteiger partial charge >= 0.3 is 0 Å². The molecule has 0 atom stereocenters. The predicted molar refractivity (Wildman–Crippen MR) is 42.2 cm³/mol. The average Bonchev–Trinajstić information content (AvgIpc) is 1.89. The standard InChI is InChI=1S/C9H15/c1-4-6-7-8-9(3)5-2/h2,5H,3-4,6-8H2,1H3. The molecule has 0 saturated carbocycles. The van der Waals surface area contributed by atoms with Crippen LogP contribution in [0.25, 0.3) is 0 Å². The minimum atomic E-state index is 1.06. The molecule has 51 valence electrons. The summed E-state index contributed by atoms with van der Waals surface area (Å²) >= 11 is 0. The SMILES string of the molecule is [CH]=CC(=C)CCCCC. The molecule has 0 rings (SSSR count). The molecule has 0 nitrogen and oxygen atoms in total. The summed E-state index contributed by atoms with van der Waals surface area (Å²) in [6.07, 6.45) is 6.42.